The van der Waals surface area contributed by atoms with E-state index in [0.29, 0.717) is 43.5 Å². The Morgan fingerprint density at radius 3 is 2.66 bits per heavy atom. The average molecular weight is 415 g/mol. The molecule has 0 saturated heterocycles. The Hall–Kier alpha value is -2.77. The molecule has 0 aliphatic carbocycles. The Bertz CT molecular complexity index is 842. The van der Waals surface area contributed by atoms with Gasteiger partial charge in [-0.3, -0.25) is 9.69 Å². The van der Waals surface area contributed by atoms with E-state index in [1.807, 2.05) is 54.5 Å². The third-order valence-corrected chi connectivity index (χ3v) is 4.98. The molecule has 0 fully saturated rings. The normalized spacial score (nSPS) is 10.9. The minimum absolute atomic E-state index is 0.122. The molecule has 154 valence electrons. The maximum Gasteiger partial charge on any atom is 0.238 e. The van der Waals surface area contributed by atoms with Gasteiger partial charge >= 0.3 is 0 Å². The number of hydrogen-bond donors (Lipinski definition) is 1. The fraction of sp³-hybridized carbons (Fsp3) is 0.318. The van der Waals surface area contributed by atoms with Crippen molar-refractivity contribution < 1.29 is 18.7 Å². The van der Waals surface area contributed by atoms with Gasteiger partial charge in [0.25, 0.3) is 0 Å². The van der Waals surface area contributed by atoms with Crippen LogP contribution in [-0.2, 0) is 17.9 Å². The molecule has 3 aromatic rings. The molecule has 0 unspecified atom stereocenters. The van der Waals surface area contributed by atoms with E-state index >= 15 is 0 Å². The number of benzene rings is 1. The summed E-state index contributed by atoms with van der Waals surface area (Å²) < 4.78 is 16.7. The molecule has 7 heteroatoms. The summed E-state index contributed by atoms with van der Waals surface area (Å²) in [4.78, 5) is 16.1. The summed E-state index contributed by atoms with van der Waals surface area (Å²) >= 11 is 1.67. The van der Waals surface area contributed by atoms with Crippen molar-refractivity contribution in [1.82, 2.24) is 4.90 Å². The SMILES string of the molecule is CCOc1ccc(OCC)c(NC(=O)CN(Cc2ccco2)Cc2cccs2)c1. The summed E-state index contributed by atoms with van der Waals surface area (Å²) in [7, 11) is 0. The maximum absolute atomic E-state index is 12.8. The largest absolute Gasteiger partial charge is 0.494 e. The predicted molar refractivity (Wildman–Crippen MR) is 115 cm³/mol. The molecule has 0 aliphatic heterocycles. The van der Waals surface area contributed by atoms with Crippen molar-refractivity contribution in [1.29, 1.82) is 0 Å². The van der Waals surface area contributed by atoms with Crippen LogP contribution >= 0.6 is 11.3 Å². The minimum atomic E-state index is -0.122. The second-order valence-electron chi connectivity index (χ2n) is 6.38. The number of ether oxygens (including phenoxy) is 2. The van der Waals surface area contributed by atoms with Crippen molar-refractivity contribution in [3.63, 3.8) is 0 Å². The average Bonchev–Trinajstić information content (AvgIpc) is 3.38. The molecular weight excluding hydrogens is 388 g/mol. The fourth-order valence-corrected chi connectivity index (χ4v) is 3.70. The van der Waals surface area contributed by atoms with Gasteiger partial charge in [0.1, 0.15) is 17.3 Å². The lowest BCUT2D eigenvalue weighted by Gasteiger charge is -2.21. The molecule has 29 heavy (non-hydrogen) atoms. The van der Waals surface area contributed by atoms with E-state index in [1.165, 1.54) is 4.88 Å². The van der Waals surface area contributed by atoms with Crippen molar-refractivity contribution in [3.05, 3.63) is 64.7 Å². The summed E-state index contributed by atoms with van der Waals surface area (Å²) in [6, 6.07) is 13.3. The van der Waals surface area contributed by atoms with Crippen LogP contribution in [0, 0.1) is 0 Å². The topological polar surface area (TPSA) is 63.9 Å². The van der Waals surface area contributed by atoms with Gasteiger partial charge in [0, 0.05) is 17.5 Å². The predicted octanol–water partition coefficient (Wildman–Crippen LogP) is 4.78. The van der Waals surface area contributed by atoms with Crippen LogP contribution in [0.3, 0.4) is 0 Å². The first-order chi connectivity index (χ1) is 14.2. The highest BCUT2D eigenvalue weighted by Gasteiger charge is 2.16. The van der Waals surface area contributed by atoms with Crippen molar-refractivity contribution >= 4 is 22.9 Å². The zero-order chi connectivity index (χ0) is 20.5. The minimum Gasteiger partial charge on any atom is -0.494 e. The highest BCUT2D eigenvalue weighted by molar-refractivity contribution is 7.09. The number of carbonyl (C=O) groups excluding carboxylic acids is 1. The zero-order valence-corrected chi connectivity index (χ0v) is 17.5. The first-order valence-electron chi connectivity index (χ1n) is 9.64. The van der Waals surface area contributed by atoms with E-state index in [1.54, 1.807) is 23.7 Å². The molecule has 0 aliphatic rings. The van der Waals surface area contributed by atoms with E-state index < -0.39 is 0 Å². The van der Waals surface area contributed by atoms with Crippen molar-refractivity contribution in [2.24, 2.45) is 0 Å². The molecule has 0 bridgehead atoms. The Morgan fingerprint density at radius 1 is 1.10 bits per heavy atom. The van der Waals surface area contributed by atoms with E-state index in [-0.39, 0.29) is 12.5 Å². The Balaban J connectivity index is 1.71. The van der Waals surface area contributed by atoms with Crippen LogP contribution < -0.4 is 14.8 Å². The second kappa shape index (κ2) is 10.7. The highest BCUT2D eigenvalue weighted by Crippen LogP contribution is 2.29. The highest BCUT2D eigenvalue weighted by atomic mass is 32.1. The summed E-state index contributed by atoms with van der Waals surface area (Å²) in [5.74, 6) is 2.02. The van der Waals surface area contributed by atoms with Gasteiger partial charge < -0.3 is 19.2 Å². The van der Waals surface area contributed by atoms with Gasteiger partial charge in [-0.15, -0.1) is 11.3 Å². The van der Waals surface area contributed by atoms with Gasteiger partial charge in [0.05, 0.1) is 38.3 Å². The standard InChI is InChI=1S/C22H26N2O4S/c1-3-26-17-9-10-21(27-4-2)20(13-17)23-22(25)16-24(14-18-7-5-11-28-18)15-19-8-6-12-29-19/h5-13H,3-4,14-16H2,1-2H3,(H,23,25). The molecule has 0 atom stereocenters. The summed E-state index contributed by atoms with van der Waals surface area (Å²) in [5.41, 5.74) is 0.608. The van der Waals surface area contributed by atoms with E-state index in [4.69, 9.17) is 13.9 Å². The molecule has 0 spiro atoms. The number of nitrogens with zero attached hydrogens (tertiary/aromatic N) is 1. The molecule has 0 radical (unpaired) electrons. The van der Waals surface area contributed by atoms with E-state index in [2.05, 4.69) is 11.4 Å². The molecule has 3 rings (SSSR count). The number of amides is 1. The van der Waals surface area contributed by atoms with Crippen LogP contribution in [0.4, 0.5) is 5.69 Å². The first-order valence-corrected chi connectivity index (χ1v) is 10.5. The summed E-state index contributed by atoms with van der Waals surface area (Å²) in [6.07, 6.45) is 1.65. The van der Waals surface area contributed by atoms with Crippen LogP contribution in [0.1, 0.15) is 24.5 Å². The van der Waals surface area contributed by atoms with E-state index in [9.17, 15) is 4.79 Å². The zero-order valence-electron chi connectivity index (χ0n) is 16.7. The molecule has 2 aromatic heterocycles. The summed E-state index contributed by atoms with van der Waals surface area (Å²) in [6.45, 7) is 6.35. The summed E-state index contributed by atoms with van der Waals surface area (Å²) in [5, 5.41) is 5.01. The smallest absolute Gasteiger partial charge is 0.238 e. The molecule has 0 saturated carbocycles. The van der Waals surface area contributed by atoms with Gasteiger partial charge in [-0.05, 0) is 49.6 Å². The van der Waals surface area contributed by atoms with Gasteiger partial charge in [-0.25, -0.2) is 0 Å². The molecule has 2 heterocycles. The van der Waals surface area contributed by atoms with Gasteiger partial charge in [-0.1, -0.05) is 6.07 Å². The number of nitrogens with one attached hydrogen (secondary N) is 1. The molecule has 1 amide bonds. The first kappa shape index (κ1) is 21.0. The lowest BCUT2D eigenvalue weighted by molar-refractivity contribution is -0.117. The van der Waals surface area contributed by atoms with Crippen molar-refractivity contribution in [2.45, 2.75) is 26.9 Å². The molecular formula is C22H26N2O4S. The Morgan fingerprint density at radius 2 is 1.97 bits per heavy atom. The molecule has 6 nitrogen and oxygen atoms in total. The third-order valence-electron chi connectivity index (χ3n) is 4.12. The number of furan rings is 1. The number of hydrogen-bond acceptors (Lipinski definition) is 6. The number of rotatable bonds is 11. The van der Waals surface area contributed by atoms with Gasteiger partial charge in [-0.2, -0.15) is 0 Å². The second-order valence-corrected chi connectivity index (χ2v) is 7.41. The lowest BCUT2D eigenvalue weighted by Crippen LogP contribution is -2.32. The van der Waals surface area contributed by atoms with Crippen LogP contribution in [0.2, 0.25) is 0 Å². The van der Waals surface area contributed by atoms with Crippen LogP contribution in [-0.4, -0.2) is 30.6 Å². The lowest BCUT2D eigenvalue weighted by atomic mass is 10.2. The molecule has 1 N–H and O–H groups in total. The Labute approximate surface area is 175 Å². The van der Waals surface area contributed by atoms with Gasteiger partial charge in [0.15, 0.2) is 0 Å². The quantitative estimate of drug-likeness (QED) is 0.489. The third kappa shape index (κ3) is 6.37. The van der Waals surface area contributed by atoms with Crippen LogP contribution in [0.25, 0.3) is 0 Å². The monoisotopic (exact) mass is 414 g/mol. The molecule has 1 aromatic carbocycles. The number of thiophene rings is 1. The van der Waals surface area contributed by atoms with Crippen LogP contribution in [0.15, 0.2) is 58.5 Å². The van der Waals surface area contributed by atoms with E-state index in [0.717, 1.165) is 5.76 Å². The maximum atomic E-state index is 12.8. The van der Waals surface area contributed by atoms with Crippen molar-refractivity contribution in [2.75, 3.05) is 25.1 Å². The number of anilines is 1. The van der Waals surface area contributed by atoms with Gasteiger partial charge in [0.2, 0.25) is 5.91 Å². The Kier molecular flexibility index (Phi) is 7.72. The van der Waals surface area contributed by atoms with Crippen LogP contribution in [0.5, 0.6) is 11.5 Å². The number of carbonyl (C=O) groups is 1. The fourth-order valence-electron chi connectivity index (χ4n) is 2.95. The van der Waals surface area contributed by atoms with Crippen molar-refractivity contribution in [3.8, 4) is 11.5 Å².